The highest BCUT2D eigenvalue weighted by Gasteiger charge is 2.59. The third-order valence-electron chi connectivity index (χ3n) is 8.72. The maximum Gasteiger partial charge on any atom is 0.133 e. The minimum Gasteiger partial charge on any atom is -0.300 e. The van der Waals surface area contributed by atoms with Crippen LogP contribution >= 0.6 is 0 Å². The molecule has 0 aromatic heterocycles. The molecule has 4 aliphatic carbocycles. The van der Waals surface area contributed by atoms with Gasteiger partial charge in [-0.1, -0.05) is 30.7 Å². The molecule has 0 bridgehead atoms. The highest BCUT2D eigenvalue weighted by atomic mass is 16.3. The first-order valence-electron chi connectivity index (χ1n) is 9.92. The van der Waals surface area contributed by atoms with E-state index in [4.69, 9.17) is 0 Å². The molecule has 0 N–H and O–H groups in total. The number of carbonyl (C=O) groups is 1. The summed E-state index contributed by atoms with van der Waals surface area (Å²) in [4.78, 5) is 23.2. The molecule has 0 aromatic rings. The second kappa shape index (κ2) is 5.51. The van der Waals surface area contributed by atoms with E-state index in [0.29, 0.717) is 11.7 Å². The van der Waals surface area contributed by atoms with Gasteiger partial charge in [0.25, 0.3) is 0 Å². The number of allylic oxidation sites excluding steroid dienone is 1. The van der Waals surface area contributed by atoms with Crippen LogP contribution in [-0.2, 0) is 4.79 Å². The molecular weight excluding hydrogens is 298 g/mol. The number of fused-ring (bicyclic) bond motifs is 5. The Hall–Kier alpha value is -0.990. The van der Waals surface area contributed by atoms with Crippen molar-refractivity contribution in [2.24, 2.45) is 39.7 Å². The molecule has 3 nitrogen and oxygen atoms in total. The molecule has 3 fully saturated rings. The molecule has 0 spiro atoms. The summed E-state index contributed by atoms with van der Waals surface area (Å²) < 4.78 is 0. The van der Waals surface area contributed by atoms with Crippen molar-refractivity contribution in [2.45, 2.75) is 78.2 Å². The second-order valence-corrected chi connectivity index (χ2v) is 9.55. The van der Waals surface area contributed by atoms with Crippen molar-refractivity contribution in [1.82, 2.24) is 0 Å². The maximum atomic E-state index is 12.2. The molecule has 0 amide bonds. The molecule has 7 unspecified atom stereocenters. The van der Waals surface area contributed by atoms with Crippen molar-refractivity contribution in [3.05, 3.63) is 16.6 Å². The summed E-state index contributed by atoms with van der Waals surface area (Å²) in [5, 5.41) is 3.34. The van der Waals surface area contributed by atoms with Gasteiger partial charge in [0.1, 0.15) is 5.78 Å². The summed E-state index contributed by atoms with van der Waals surface area (Å²) in [6.07, 6.45) is 11.4. The first-order chi connectivity index (χ1) is 11.4. The van der Waals surface area contributed by atoms with Gasteiger partial charge in [0.2, 0.25) is 0 Å². The molecule has 0 radical (unpaired) electrons. The van der Waals surface area contributed by atoms with Crippen LogP contribution in [0.1, 0.15) is 72.1 Å². The standard InChI is InChI=1S/C21H31NO2/c1-13(23)17-6-7-18-16-5-4-14-12-15(22-24)8-10-20(14,2)19(16)9-11-21(17,18)3/h4,15-19H,5-12H2,1-3H3. The van der Waals surface area contributed by atoms with Crippen LogP contribution in [0.4, 0.5) is 0 Å². The van der Waals surface area contributed by atoms with Gasteiger partial charge in [-0.3, -0.25) is 4.79 Å². The van der Waals surface area contributed by atoms with E-state index in [1.807, 2.05) is 0 Å². The van der Waals surface area contributed by atoms with E-state index in [-0.39, 0.29) is 22.8 Å². The third-order valence-corrected chi connectivity index (χ3v) is 8.72. The summed E-state index contributed by atoms with van der Waals surface area (Å²) in [6.45, 7) is 6.66. The fraction of sp³-hybridized carbons (Fsp3) is 0.857. The van der Waals surface area contributed by atoms with E-state index >= 15 is 0 Å². The van der Waals surface area contributed by atoms with E-state index < -0.39 is 0 Å². The van der Waals surface area contributed by atoms with E-state index in [9.17, 15) is 9.70 Å². The molecule has 4 rings (SSSR count). The summed E-state index contributed by atoms with van der Waals surface area (Å²) >= 11 is 0. The van der Waals surface area contributed by atoms with Gasteiger partial charge in [0, 0.05) is 5.92 Å². The van der Waals surface area contributed by atoms with Gasteiger partial charge < -0.3 is 0 Å². The Labute approximate surface area is 145 Å². The van der Waals surface area contributed by atoms with E-state index in [1.54, 1.807) is 6.92 Å². The van der Waals surface area contributed by atoms with Gasteiger partial charge in [-0.25, -0.2) is 0 Å². The molecule has 0 heterocycles. The smallest absolute Gasteiger partial charge is 0.133 e. The van der Waals surface area contributed by atoms with Crippen molar-refractivity contribution >= 4 is 5.78 Å². The van der Waals surface area contributed by atoms with Gasteiger partial charge in [0.05, 0.1) is 6.04 Å². The largest absolute Gasteiger partial charge is 0.300 e. The van der Waals surface area contributed by atoms with Crippen LogP contribution in [0.5, 0.6) is 0 Å². The monoisotopic (exact) mass is 329 g/mol. The van der Waals surface area contributed by atoms with Gasteiger partial charge in [0.15, 0.2) is 0 Å². The van der Waals surface area contributed by atoms with Gasteiger partial charge in [-0.05, 0) is 86.9 Å². The normalized spacial score (nSPS) is 50.3. The lowest BCUT2D eigenvalue weighted by Gasteiger charge is -2.57. The zero-order chi connectivity index (χ0) is 17.1. The topological polar surface area (TPSA) is 46.5 Å². The summed E-state index contributed by atoms with van der Waals surface area (Å²) in [7, 11) is 0. The second-order valence-electron chi connectivity index (χ2n) is 9.55. The first kappa shape index (κ1) is 16.5. The number of hydrogen-bond acceptors (Lipinski definition) is 3. The molecule has 24 heavy (non-hydrogen) atoms. The van der Waals surface area contributed by atoms with Crippen LogP contribution in [0.15, 0.2) is 16.8 Å². The number of Topliss-reactive ketones (excluding diaryl/α,β-unsaturated/α-hetero) is 1. The third kappa shape index (κ3) is 2.12. The van der Waals surface area contributed by atoms with E-state index in [1.165, 1.54) is 24.8 Å². The lowest BCUT2D eigenvalue weighted by Crippen LogP contribution is -2.50. The van der Waals surface area contributed by atoms with Crippen LogP contribution < -0.4 is 0 Å². The number of hydrogen-bond donors (Lipinski definition) is 0. The Bertz CT molecular complexity index is 597. The van der Waals surface area contributed by atoms with Crippen molar-refractivity contribution in [3.8, 4) is 0 Å². The lowest BCUT2D eigenvalue weighted by molar-refractivity contribution is -0.127. The number of nitrogens with zero attached hydrogens (tertiary/aromatic N) is 1. The SMILES string of the molecule is CC(=O)C1CCC2C3CC=C4CC(N=O)CCC4(C)C3CCC12C. The van der Waals surface area contributed by atoms with Gasteiger partial charge >= 0.3 is 0 Å². The van der Waals surface area contributed by atoms with Crippen molar-refractivity contribution in [3.63, 3.8) is 0 Å². The fourth-order valence-corrected chi connectivity index (χ4v) is 7.40. The van der Waals surface area contributed by atoms with Crippen LogP contribution in [0.2, 0.25) is 0 Å². The van der Waals surface area contributed by atoms with Crippen molar-refractivity contribution < 1.29 is 4.79 Å². The van der Waals surface area contributed by atoms with Crippen molar-refractivity contribution in [2.75, 3.05) is 0 Å². The molecule has 3 heteroatoms. The molecular formula is C21H31NO2. The molecule has 0 aliphatic heterocycles. The van der Waals surface area contributed by atoms with E-state index in [2.05, 4.69) is 25.1 Å². The predicted octanol–water partition coefficient (Wildman–Crippen LogP) is 5.29. The van der Waals surface area contributed by atoms with E-state index in [0.717, 1.165) is 43.9 Å². The van der Waals surface area contributed by atoms with Crippen LogP contribution in [0, 0.1) is 39.4 Å². The van der Waals surface area contributed by atoms with Crippen LogP contribution in [0.25, 0.3) is 0 Å². The maximum absolute atomic E-state index is 12.2. The van der Waals surface area contributed by atoms with Crippen LogP contribution in [-0.4, -0.2) is 11.8 Å². The Morgan fingerprint density at radius 3 is 2.62 bits per heavy atom. The summed E-state index contributed by atoms with van der Waals surface area (Å²) in [5.74, 6) is 2.89. The minimum atomic E-state index is 0.00306. The number of nitroso groups, excluding NO2 is 1. The first-order valence-corrected chi connectivity index (χ1v) is 9.92. The highest BCUT2D eigenvalue weighted by Crippen LogP contribution is 2.66. The minimum absolute atomic E-state index is 0.00306. The van der Waals surface area contributed by atoms with Crippen LogP contribution in [0.3, 0.4) is 0 Å². The Kier molecular flexibility index (Phi) is 3.78. The highest BCUT2D eigenvalue weighted by molar-refractivity contribution is 5.79. The molecule has 7 atom stereocenters. The predicted molar refractivity (Wildman–Crippen MR) is 95.5 cm³/mol. The zero-order valence-electron chi connectivity index (χ0n) is 15.4. The Morgan fingerprint density at radius 1 is 1.12 bits per heavy atom. The Morgan fingerprint density at radius 2 is 1.92 bits per heavy atom. The molecule has 132 valence electrons. The number of carbonyl (C=O) groups excluding carboxylic acids is 1. The molecule has 0 saturated heterocycles. The molecule has 3 saturated carbocycles. The number of ketones is 1. The molecule has 0 aromatic carbocycles. The quantitative estimate of drug-likeness (QED) is 0.510. The summed E-state index contributed by atoms with van der Waals surface area (Å²) in [5.41, 5.74) is 2.03. The fourth-order valence-electron chi connectivity index (χ4n) is 7.40. The Balaban J connectivity index is 1.65. The lowest BCUT2D eigenvalue weighted by atomic mass is 9.47. The average Bonchev–Trinajstić information content (AvgIpc) is 2.91. The van der Waals surface area contributed by atoms with Gasteiger partial charge in [-0.2, -0.15) is 4.91 Å². The zero-order valence-corrected chi connectivity index (χ0v) is 15.4. The number of rotatable bonds is 2. The molecule has 4 aliphatic rings. The average molecular weight is 329 g/mol. The van der Waals surface area contributed by atoms with Crippen molar-refractivity contribution in [1.29, 1.82) is 0 Å². The summed E-state index contributed by atoms with van der Waals surface area (Å²) in [6, 6.07) is 0.00306. The van der Waals surface area contributed by atoms with Gasteiger partial charge in [-0.15, -0.1) is 0 Å².